The highest BCUT2D eigenvalue weighted by molar-refractivity contribution is 6.25. The zero-order valence-electron chi connectivity index (χ0n) is 34.7. The number of aromatic nitrogens is 2. The normalized spacial score (nSPS) is 11.8. The molecule has 0 saturated heterocycles. The van der Waals surface area contributed by atoms with Gasteiger partial charge in [0.2, 0.25) is 0 Å². The number of hydrogen-bond acceptors (Lipinski definition) is 4. The zero-order chi connectivity index (χ0) is 42.1. The van der Waals surface area contributed by atoms with Gasteiger partial charge >= 0.3 is 0 Å². The van der Waals surface area contributed by atoms with Gasteiger partial charge < -0.3 is 9.80 Å². The van der Waals surface area contributed by atoms with Gasteiger partial charge in [-0.25, -0.2) is 0 Å². The minimum absolute atomic E-state index is 1.01. The van der Waals surface area contributed by atoms with Crippen LogP contribution in [0.3, 0.4) is 0 Å². The van der Waals surface area contributed by atoms with E-state index in [0.717, 1.165) is 56.4 Å². The van der Waals surface area contributed by atoms with E-state index in [1.165, 1.54) is 64.6 Å². The van der Waals surface area contributed by atoms with E-state index in [4.69, 9.17) is 0 Å². The summed E-state index contributed by atoms with van der Waals surface area (Å²) in [5.74, 6) is 0. The fourth-order valence-electron chi connectivity index (χ4n) is 10.1. The first-order chi connectivity index (χ1) is 31.7. The topological polar surface area (TPSA) is 32.3 Å². The highest BCUT2D eigenvalue weighted by Crippen LogP contribution is 2.44. The number of benzene rings is 11. The number of anilines is 6. The van der Waals surface area contributed by atoms with Crippen molar-refractivity contribution in [2.24, 2.45) is 0 Å². The molecule has 4 nitrogen and oxygen atoms in total. The standard InChI is InChI=1S/C60H38N4/c1-6-41-14-18-47-33-55(34-48-19-15-42(7-1)57(41)59(47)48)63(53-12-4-30-61-37-53)51-26-22-39(23-27-51)45-10-3-11-46(32-45)40-24-28-52(29-25-40)64(54-13-5-31-62-38-54)56-35-49-20-16-43-8-2-9-44-17-21-50(36-56)60(49)58(43)44/h1-38H. The number of rotatable bonds is 8. The molecule has 0 radical (unpaired) electrons. The van der Waals surface area contributed by atoms with Crippen LogP contribution in [0.25, 0.3) is 86.9 Å². The molecular weight excluding hydrogens is 777 g/mol. The summed E-state index contributed by atoms with van der Waals surface area (Å²) in [6.45, 7) is 0. The van der Waals surface area contributed by atoms with Gasteiger partial charge in [-0.15, -0.1) is 0 Å². The Balaban J connectivity index is 0.834. The highest BCUT2D eigenvalue weighted by Gasteiger charge is 2.19. The van der Waals surface area contributed by atoms with Gasteiger partial charge in [0.15, 0.2) is 0 Å². The molecule has 0 spiro atoms. The van der Waals surface area contributed by atoms with Gasteiger partial charge in [-0.05, 0) is 166 Å². The third-order valence-electron chi connectivity index (χ3n) is 13.0. The predicted molar refractivity (Wildman–Crippen MR) is 270 cm³/mol. The van der Waals surface area contributed by atoms with Crippen LogP contribution < -0.4 is 9.80 Å². The van der Waals surface area contributed by atoms with E-state index in [-0.39, 0.29) is 0 Å². The van der Waals surface area contributed by atoms with E-state index in [2.05, 4.69) is 214 Å². The summed E-state index contributed by atoms with van der Waals surface area (Å²) in [5, 5.41) is 15.3. The Morgan fingerprint density at radius 2 is 0.578 bits per heavy atom. The fourth-order valence-corrected chi connectivity index (χ4v) is 10.1. The smallest absolute Gasteiger partial charge is 0.0644 e. The summed E-state index contributed by atoms with van der Waals surface area (Å²) >= 11 is 0. The van der Waals surface area contributed by atoms with Gasteiger partial charge in [-0.2, -0.15) is 0 Å². The summed E-state index contributed by atoms with van der Waals surface area (Å²) in [6, 6.07) is 75.2. The minimum atomic E-state index is 1.01. The summed E-state index contributed by atoms with van der Waals surface area (Å²) in [4.78, 5) is 13.7. The highest BCUT2D eigenvalue weighted by atomic mass is 15.2. The predicted octanol–water partition coefficient (Wildman–Crippen LogP) is 16.5. The summed E-state index contributed by atoms with van der Waals surface area (Å²) in [7, 11) is 0. The molecule has 0 saturated carbocycles. The van der Waals surface area contributed by atoms with E-state index >= 15 is 0 Å². The first kappa shape index (κ1) is 36.1. The summed E-state index contributed by atoms with van der Waals surface area (Å²) in [5.41, 5.74) is 11.0. The molecular formula is C60H38N4. The van der Waals surface area contributed by atoms with Crippen molar-refractivity contribution in [2.75, 3.05) is 9.80 Å². The molecule has 2 heterocycles. The minimum Gasteiger partial charge on any atom is -0.309 e. The molecule has 0 amide bonds. The first-order valence-electron chi connectivity index (χ1n) is 21.8. The Morgan fingerprint density at radius 3 is 0.938 bits per heavy atom. The quantitative estimate of drug-likeness (QED) is 0.143. The van der Waals surface area contributed by atoms with Crippen molar-refractivity contribution in [3.63, 3.8) is 0 Å². The lowest BCUT2D eigenvalue weighted by molar-refractivity contribution is 1.23. The molecule has 0 aliphatic carbocycles. The zero-order valence-corrected chi connectivity index (χ0v) is 34.7. The lowest BCUT2D eigenvalue weighted by Crippen LogP contribution is -2.10. The molecule has 0 aliphatic rings. The Hall–Kier alpha value is -8.60. The summed E-state index contributed by atoms with van der Waals surface area (Å²) in [6.07, 6.45) is 7.54. The second kappa shape index (κ2) is 14.5. The Labute approximate surface area is 370 Å². The Kier molecular flexibility index (Phi) is 8.18. The number of nitrogens with zero attached hydrogens (tertiary/aromatic N) is 4. The Bertz CT molecular complexity index is 3450. The average molecular weight is 815 g/mol. The molecule has 0 N–H and O–H groups in total. The molecule has 0 atom stereocenters. The third kappa shape index (κ3) is 5.92. The second-order valence-corrected chi connectivity index (χ2v) is 16.7. The van der Waals surface area contributed by atoms with Crippen molar-refractivity contribution in [1.82, 2.24) is 9.97 Å². The molecule has 298 valence electrons. The van der Waals surface area contributed by atoms with Gasteiger partial charge in [0.1, 0.15) is 0 Å². The maximum Gasteiger partial charge on any atom is 0.0644 e. The number of pyridine rings is 2. The molecule has 11 aromatic carbocycles. The lowest BCUT2D eigenvalue weighted by atomic mass is 9.93. The molecule has 13 aromatic rings. The largest absolute Gasteiger partial charge is 0.309 e. The molecule has 4 heteroatoms. The van der Waals surface area contributed by atoms with Crippen LogP contribution in [0.5, 0.6) is 0 Å². The van der Waals surface area contributed by atoms with E-state index in [1.807, 2.05) is 36.9 Å². The van der Waals surface area contributed by atoms with Crippen molar-refractivity contribution in [2.45, 2.75) is 0 Å². The van der Waals surface area contributed by atoms with Crippen LogP contribution >= 0.6 is 0 Å². The molecule has 64 heavy (non-hydrogen) atoms. The molecule has 0 unspecified atom stereocenters. The van der Waals surface area contributed by atoms with Gasteiger partial charge in [0.25, 0.3) is 0 Å². The fraction of sp³-hybridized carbons (Fsp3) is 0. The molecule has 0 bridgehead atoms. The van der Waals surface area contributed by atoms with E-state index in [1.54, 1.807) is 0 Å². The monoisotopic (exact) mass is 814 g/mol. The van der Waals surface area contributed by atoms with Crippen molar-refractivity contribution >= 4 is 98.8 Å². The molecule has 13 rings (SSSR count). The van der Waals surface area contributed by atoms with Gasteiger partial charge in [-0.3, -0.25) is 9.97 Å². The van der Waals surface area contributed by atoms with Gasteiger partial charge in [0.05, 0.1) is 23.8 Å². The maximum absolute atomic E-state index is 4.53. The van der Waals surface area contributed by atoms with Crippen LogP contribution in [0.4, 0.5) is 34.1 Å². The van der Waals surface area contributed by atoms with Crippen LogP contribution in [0.15, 0.2) is 231 Å². The van der Waals surface area contributed by atoms with Crippen LogP contribution in [-0.2, 0) is 0 Å². The number of hydrogen-bond donors (Lipinski definition) is 0. The van der Waals surface area contributed by atoms with E-state index in [0.29, 0.717) is 0 Å². The van der Waals surface area contributed by atoms with Crippen LogP contribution in [0, 0.1) is 0 Å². The molecule has 0 aliphatic heterocycles. The average Bonchev–Trinajstić information content (AvgIpc) is 3.36. The first-order valence-corrected chi connectivity index (χ1v) is 21.8. The lowest BCUT2D eigenvalue weighted by Gasteiger charge is -2.26. The van der Waals surface area contributed by atoms with Crippen molar-refractivity contribution < 1.29 is 0 Å². The summed E-state index contributed by atoms with van der Waals surface area (Å²) < 4.78 is 0. The van der Waals surface area contributed by atoms with Crippen molar-refractivity contribution in [1.29, 1.82) is 0 Å². The van der Waals surface area contributed by atoms with Gasteiger partial charge in [-0.1, -0.05) is 127 Å². The van der Waals surface area contributed by atoms with Crippen LogP contribution in [-0.4, -0.2) is 9.97 Å². The van der Waals surface area contributed by atoms with Gasteiger partial charge in [0, 0.05) is 35.1 Å². The SMILES string of the molecule is c1cc(-c2ccc(N(c3cccnc3)c3cc4ccc5cccc6ccc(c3)c4c56)cc2)cc(-c2ccc(N(c3cccnc3)c3cc4ccc5cccc6ccc(c3)c4c56)cc2)c1. The third-order valence-corrected chi connectivity index (χ3v) is 13.0. The molecule has 0 fully saturated rings. The maximum atomic E-state index is 4.53. The second-order valence-electron chi connectivity index (χ2n) is 16.7. The van der Waals surface area contributed by atoms with Crippen molar-refractivity contribution in [3.05, 3.63) is 231 Å². The Morgan fingerprint density at radius 1 is 0.234 bits per heavy atom. The van der Waals surface area contributed by atoms with Crippen molar-refractivity contribution in [3.8, 4) is 22.3 Å². The molecule has 2 aromatic heterocycles. The van der Waals surface area contributed by atoms with E-state index in [9.17, 15) is 0 Å². The van der Waals surface area contributed by atoms with Crippen LogP contribution in [0.1, 0.15) is 0 Å². The van der Waals surface area contributed by atoms with Crippen LogP contribution in [0.2, 0.25) is 0 Å². The van der Waals surface area contributed by atoms with E-state index < -0.39 is 0 Å².